The zero-order valence-corrected chi connectivity index (χ0v) is 6.04. The summed E-state index contributed by atoms with van der Waals surface area (Å²) in [6, 6.07) is 4.94. The molecule has 0 radical (unpaired) electrons. The number of hydrogen-bond donors (Lipinski definition) is 0. The van der Waals surface area contributed by atoms with E-state index in [-0.39, 0.29) is 0 Å². The van der Waals surface area contributed by atoms with E-state index in [0.29, 0.717) is 11.0 Å². The van der Waals surface area contributed by atoms with Gasteiger partial charge in [-0.25, -0.2) is 10.1 Å². The van der Waals surface area contributed by atoms with Crippen LogP contribution in [0.4, 0.5) is 0 Å². The van der Waals surface area contributed by atoms with Crippen LogP contribution in [0.3, 0.4) is 0 Å². The standard InChI is InChI=1S/C7H5N3O2/c11-10(12)9-5-3-6-7(9)2-1-4-8-6/h1-5H. The highest BCUT2D eigenvalue weighted by Gasteiger charge is 2.07. The van der Waals surface area contributed by atoms with E-state index in [9.17, 15) is 10.1 Å². The van der Waals surface area contributed by atoms with Crippen molar-refractivity contribution in [3.05, 3.63) is 40.7 Å². The molecule has 0 spiro atoms. The first-order valence-corrected chi connectivity index (χ1v) is 3.36. The van der Waals surface area contributed by atoms with Crippen LogP contribution in [-0.2, 0) is 0 Å². The Balaban J connectivity index is 2.79. The maximum absolute atomic E-state index is 10.4. The van der Waals surface area contributed by atoms with Gasteiger partial charge in [-0.1, -0.05) is 4.68 Å². The average molecular weight is 163 g/mol. The highest BCUT2D eigenvalue weighted by atomic mass is 16.7. The normalized spacial score (nSPS) is 10.3. The Morgan fingerprint density at radius 3 is 3.08 bits per heavy atom. The summed E-state index contributed by atoms with van der Waals surface area (Å²) < 4.78 is 0.947. The molecule has 5 heteroatoms. The second-order valence-corrected chi connectivity index (χ2v) is 2.31. The number of rotatable bonds is 1. The molecule has 0 aliphatic carbocycles. The molecule has 0 atom stereocenters. The fraction of sp³-hybridized carbons (Fsp3) is 0. The first-order chi connectivity index (χ1) is 5.79. The molecule has 0 saturated carbocycles. The van der Waals surface area contributed by atoms with Crippen molar-refractivity contribution in [3.63, 3.8) is 0 Å². The van der Waals surface area contributed by atoms with E-state index in [1.54, 1.807) is 24.4 Å². The number of fused-ring (bicyclic) bond motifs is 1. The van der Waals surface area contributed by atoms with Crippen LogP contribution in [0, 0.1) is 10.1 Å². The van der Waals surface area contributed by atoms with Crippen molar-refractivity contribution in [1.29, 1.82) is 0 Å². The SMILES string of the molecule is O=[N+]([O-])n1ccc2ncccc21. The topological polar surface area (TPSA) is 61.0 Å². The molecule has 0 aromatic carbocycles. The monoisotopic (exact) mass is 163 g/mol. The number of nitrogens with zero attached hydrogens (tertiary/aromatic N) is 3. The van der Waals surface area contributed by atoms with Gasteiger partial charge in [0.05, 0.1) is 11.7 Å². The van der Waals surface area contributed by atoms with Gasteiger partial charge >= 0.3 is 0 Å². The molecule has 0 amide bonds. The van der Waals surface area contributed by atoms with Crippen LogP contribution in [0.5, 0.6) is 0 Å². The molecule has 2 aromatic rings. The van der Waals surface area contributed by atoms with Crippen molar-refractivity contribution in [1.82, 2.24) is 9.66 Å². The summed E-state index contributed by atoms with van der Waals surface area (Å²) in [6.07, 6.45) is 2.99. The summed E-state index contributed by atoms with van der Waals surface area (Å²) >= 11 is 0. The summed E-state index contributed by atoms with van der Waals surface area (Å²) in [5, 5.41) is 9.93. The molecule has 0 fully saturated rings. The van der Waals surface area contributed by atoms with Gasteiger partial charge in [-0.15, -0.1) is 0 Å². The maximum atomic E-state index is 10.4. The van der Waals surface area contributed by atoms with Gasteiger partial charge in [-0.05, 0) is 18.2 Å². The molecule has 0 bridgehead atoms. The van der Waals surface area contributed by atoms with Crippen LogP contribution >= 0.6 is 0 Å². The summed E-state index contributed by atoms with van der Waals surface area (Å²) in [5.41, 5.74) is 1.15. The van der Waals surface area contributed by atoms with Gasteiger partial charge in [-0.3, -0.25) is 4.98 Å². The summed E-state index contributed by atoms with van der Waals surface area (Å²) in [6.45, 7) is 0. The van der Waals surface area contributed by atoms with Crippen LogP contribution in [0.15, 0.2) is 30.6 Å². The van der Waals surface area contributed by atoms with E-state index in [4.69, 9.17) is 0 Å². The fourth-order valence-electron chi connectivity index (χ4n) is 1.10. The van der Waals surface area contributed by atoms with Crippen LogP contribution in [0.2, 0.25) is 0 Å². The second-order valence-electron chi connectivity index (χ2n) is 2.31. The zero-order chi connectivity index (χ0) is 8.55. The van der Waals surface area contributed by atoms with Gasteiger partial charge in [0.1, 0.15) is 5.52 Å². The minimum absolute atomic E-state index is 0.482. The molecule has 2 aromatic heterocycles. The third-order valence-corrected chi connectivity index (χ3v) is 1.61. The molecule has 2 heterocycles. The quantitative estimate of drug-likeness (QED) is 0.466. The minimum Gasteiger partial charge on any atom is -0.254 e. The lowest BCUT2D eigenvalue weighted by molar-refractivity contribution is -0.537. The molecule has 0 saturated heterocycles. The first kappa shape index (κ1) is 6.78. The number of hydrogen-bond acceptors (Lipinski definition) is 3. The molecule has 5 nitrogen and oxygen atoms in total. The Morgan fingerprint density at radius 1 is 1.50 bits per heavy atom. The Labute approximate surface area is 67.4 Å². The largest absolute Gasteiger partial charge is 0.254 e. The number of pyridine rings is 1. The van der Waals surface area contributed by atoms with Crippen LogP contribution in [-0.4, -0.2) is 14.7 Å². The van der Waals surface area contributed by atoms with E-state index in [1.807, 2.05) is 0 Å². The van der Waals surface area contributed by atoms with Crippen molar-refractivity contribution >= 4 is 11.0 Å². The molecular weight excluding hydrogens is 158 g/mol. The number of nitro groups is 1. The molecule has 2 rings (SSSR count). The molecular formula is C7H5N3O2. The average Bonchev–Trinajstić information content (AvgIpc) is 2.47. The van der Waals surface area contributed by atoms with E-state index >= 15 is 0 Å². The molecule has 0 N–H and O–H groups in total. The summed E-state index contributed by atoms with van der Waals surface area (Å²) in [5.74, 6) is 0. The van der Waals surface area contributed by atoms with Gasteiger partial charge in [-0.2, -0.15) is 0 Å². The highest BCUT2D eigenvalue weighted by Crippen LogP contribution is 2.10. The van der Waals surface area contributed by atoms with Gasteiger partial charge in [0.2, 0.25) is 0 Å². The van der Waals surface area contributed by atoms with E-state index in [0.717, 1.165) is 4.68 Å². The van der Waals surface area contributed by atoms with E-state index in [1.165, 1.54) is 6.20 Å². The predicted molar refractivity (Wildman–Crippen MR) is 42.1 cm³/mol. The molecule has 0 aliphatic rings. The maximum Gasteiger partial charge on any atom is 0.169 e. The fourth-order valence-corrected chi connectivity index (χ4v) is 1.10. The molecule has 0 unspecified atom stereocenters. The Kier molecular flexibility index (Phi) is 1.30. The van der Waals surface area contributed by atoms with Crippen molar-refractivity contribution in [2.75, 3.05) is 0 Å². The lowest BCUT2D eigenvalue weighted by atomic mass is 10.4. The summed E-state index contributed by atoms with van der Waals surface area (Å²) in [7, 11) is 0. The zero-order valence-electron chi connectivity index (χ0n) is 6.04. The molecule has 0 aliphatic heterocycles. The van der Waals surface area contributed by atoms with Gasteiger partial charge in [0, 0.05) is 6.20 Å². The third kappa shape index (κ3) is 0.833. The van der Waals surface area contributed by atoms with Gasteiger partial charge in [0.15, 0.2) is 5.03 Å². The van der Waals surface area contributed by atoms with E-state index < -0.39 is 5.03 Å². The third-order valence-electron chi connectivity index (χ3n) is 1.61. The Bertz CT molecular complexity index is 435. The van der Waals surface area contributed by atoms with Crippen LogP contribution in [0.25, 0.3) is 11.0 Å². The first-order valence-electron chi connectivity index (χ1n) is 3.36. The molecule has 12 heavy (non-hydrogen) atoms. The van der Waals surface area contributed by atoms with Crippen molar-refractivity contribution in [3.8, 4) is 0 Å². The Hall–Kier alpha value is -1.91. The van der Waals surface area contributed by atoms with Gasteiger partial charge < -0.3 is 0 Å². The Morgan fingerprint density at radius 2 is 2.33 bits per heavy atom. The van der Waals surface area contributed by atoms with Crippen molar-refractivity contribution < 1.29 is 5.03 Å². The second kappa shape index (κ2) is 2.30. The lowest BCUT2D eigenvalue weighted by Crippen LogP contribution is -2.05. The van der Waals surface area contributed by atoms with Crippen LogP contribution in [0.1, 0.15) is 0 Å². The number of aromatic nitrogens is 2. The minimum atomic E-state index is -0.482. The van der Waals surface area contributed by atoms with Crippen LogP contribution < -0.4 is 0 Å². The lowest BCUT2D eigenvalue weighted by Gasteiger charge is -1.91. The van der Waals surface area contributed by atoms with Crippen molar-refractivity contribution in [2.45, 2.75) is 0 Å². The summed E-state index contributed by atoms with van der Waals surface area (Å²) in [4.78, 5) is 14.4. The van der Waals surface area contributed by atoms with E-state index in [2.05, 4.69) is 4.98 Å². The van der Waals surface area contributed by atoms with Gasteiger partial charge in [0.25, 0.3) is 0 Å². The highest BCUT2D eigenvalue weighted by molar-refractivity contribution is 5.74. The van der Waals surface area contributed by atoms with Crippen molar-refractivity contribution in [2.24, 2.45) is 0 Å². The predicted octanol–water partition coefficient (Wildman–Crippen LogP) is 1.08. The molecule has 60 valence electrons. The smallest absolute Gasteiger partial charge is 0.169 e.